The van der Waals surface area contributed by atoms with Crippen LogP contribution in [0.5, 0.6) is 5.75 Å². The van der Waals surface area contributed by atoms with Crippen LogP contribution in [0.1, 0.15) is 32.8 Å². The molecule has 0 aliphatic carbocycles. The smallest absolute Gasteiger partial charge is 0.325 e. The molecule has 2 N–H and O–H groups in total. The second-order valence-corrected chi connectivity index (χ2v) is 5.67. The summed E-state index contributed by atoms with van der Waals surface area (Å²) >= 11 is 0. The van der Waals surface area contributed by atoms with E-state index in [0.29, 0.717) is 17.7 Å². The van der Waals surface area contributed by atoms with E-state index in [-0.39, 0.29) is 6.10 Å². The normalized spacial score (nSPS) is 20.8. The van der Waals surface area contributed by atoms with Gasteiger partial charge in [0.1, 0.15) is 17.8 Å². The molecule has 1 fully saturated rings. The average Bonchev–Trinajstić information content (AvgIpc) is 2.72. The summed E-state index contributed by atoms with van der Waals surface area (Å²) in [5, 5.41) is 11.5. The largest absolute Gasteiger partial charge is 0.491 e. The number of carboxylic acids is 1. The van der Waals surface area contributed by atoms with Gasteiger partial charge < -0.3 is 15.2 Å². The van der Waals surface area contributed by atoms with Crippen LogP contribution in [0.3, 0.4) is 0 Å². The molecule has 0 radical (unpaired) electrons. The Morgan fingerprint density at radius 2 is 1.91 bits per heavy atom. The second-order valence-electron chi connectivity index (χ2n) is 5.67. The van der Waals surface area contributed by atoms with Crippen LogP contribution < -0.4 is 10.1 Å². The van der Waals surface area contributed by atoms with Gasteiger partial charge in [0.15, 0.2) is 0 Å². The molecule has 1 aromatic carbocycles. The molecule has 0 bridgehead atoms. The summed E-state index contributed by atoms with van der Waals surface area (Å²) in [6.45, 7) is 4.93. The molecule has 7 nitrogen and oxygen atoms in total. The van der Waals surface area contributed by atoms with Crippen molar-refractivity contribution >= 4 is 17.9 Å². The van der Waals surface area contributed by atoms with Crippen molar-refractivity contribution < 1.29 is 24.2 Å². The second kappa shape index (κ2) is 6.28. The molecule has 7 heteroatoms. The molecule has 0 spiro atoms. The predicted octanol–water partition coefficient (Wildman–Crippen LogP) is 1.72. The molecule has 1 heterocycles. The van der Waals surface area contributed by atoms with Crippen molar-refractivity contribution in [2.24, 2.45) is 0 Å². The predicted molar refractivity (Wildman–Crippen MR) is 82.1 cm³/mol. The third kappa shape index (κ3) is 3.13. The lowest BCUT2D eigenvalue weighted by atomic mass is 9.87. The van der Waals surface area contributed by atoms with Gasteiger partial charge in [-0.25, -0.2) is 4.79 Å². The molecule has 1 aromatic rings. The summed E-state index contributed by atoms with van der Waals surface area (Å²) in [7, 11) is 0. The average molecular weight is 320 g/mol. The lowest BCUT2D eigenvalue weighted by Crippen LogP contribution is -2.43. The van der Waals surface area contributed by atoms with Gasteiger partial charge in [0.25, 0.3) is 5.91 Å². The Hall–Kier alpha value is -2.57. The highest BCUT2D eigenvalue weighted by atomic mass is 16.5. The summed E-state index contributed by atoms with van der Waals surface area (Å²) in [4.78, 5) is 36.2. The number of hydrogen-bond acceptors (Lipinski definition) is 4. The van der Waals surface area contributed by atoms with Gasteiger partial charge in [0.05, 0.1) is 6.10 Å². The lowest BCUT2D eigenvalue weighted by molar-refractivity contribution is -0.143. The molecule has 2 rings (SSSR count). The van der Waals surface area contributed by atoms with E-state index in [0.717, 1.165) is 4.90 Å². The van der Waals surface area contributed by atoms with Crippen LogP contribution in [0.4, 0.5) is 4.79 Å². The molecule has 23 heavy (non-hydrogen) atoms. The monoisotopic (exact) mass is 320 g/mol. The topological polar surface area (TPSA) is 95.9 Å². The van der Waals surface area contributed by atoms with Crippen molar-refractivity contribution in [3.05, 3.63) is 29.8 Å². The quantitative estimate of drug-likeness (QED) is 0.778. The SMILES string of the molecule is CC[C@]1(c2ccc(OC(C)C)cc2)NC(=O)N(CC(=O)O)C1=O. The number of nitrogens with zero attached hydrogens (tertiary/aromatic N) is 1. The van der Waals surface area contributed by atoms with Crippen LogP contribution in [0.25, 0.3) is 0 Å². The van der Waals surface area contributed by atoms with E-state index in [1.165, 1.54) is 0 Å². The number of rotatable bonds is 6. The van der Waals surface area contributed by atoms with Crippen molar-refractivity contribution in [2.75, 3.05) is 6.54 Å². The Kier molecular flexibility index (Phi) is 4.58. The van der Waals surface area contributed by atoms with E-state index in [4.69, 9.17) is 9.84 Å². The van der Waals surface area contributed by atoms with Crippen LogP contribution in [0.2, 0.25) is 0 Å². The maximum absolute atomic E-state index is 12.6. The first-order valence-electron chi connectivity index (χ1n) is 7.43. The van der Waals surface area contributed by atoms with Gasteiger partial charge in [0, 0.05) is 0 Å². The molecular formula is C16H20N2O5. The van der Waals surface area contributed by atoms with Crippen molar-refractivity contribution in [1.82, 2.24) is 10.2 Å². The van der Waals surface area contributed by atoms with Gasteiger partial charge in [-0.3, -0.25) is 14.5 Å². The van der Waals surface area contributed by atoms with Crippen molar-refractivity contribution in [2.45, 2.75) is 38.8 Å². The fraction of sp³-hybridized carbons (Fsp3) is 0.438. The Balaban J connectivity index is 2.32. The number of hydrogen-bond donors (Lipinski definition) is 2. The van der Waals surface area contributed by atoms with Crippen LogP contribution in [-0.4, -0.2) is 40.6 Å². The molecule has 124 valence electrons. The maximum atomic E-state index is 12.6. The Morgan fingerprint density at radius 3 is 2.39 bits per heavy atom. The highest BCUT2D eigenvalue weighted by Gasteiger charge is 2.51. The number of aliphatic carboxylic acids is 1. The Morgan fingerprint density at radius 1 is 1.30 bits per heavy atom. The summed E-state index contributed by atoms with van der Waals surface area (Å²) in [6, 6.07) is 6.19. The summed E-state index contributed by atoms with van der Waals surface area (Å²) < 4.78 is 5.56. The van der Waals surface area contributed by atoms with Crippen molar-refractivity contribution in [3.8, 4) is 5.75 Å². The standard InChI is InChI=1S/C16H20N2O5/c1-4-16(11-5-7-12(8-6-11)23-10(2)3)14(21)18(9-13(19)20)15(22)17-16/h5-8,10H,4,9H2,1-3H3,(H,17,22)(H,19,20)/t16-/m1/s1. The van der Waals surface area contributed by atoms with Crippen molar-refractivity contribution in [1.29, 1.82) is 0 Å². The molecule has 1 saturated heterocycles. The summed E-state index contributed by atoms with van der Waals surface area (Å²) in [6.07, 6.45) is 0.345. The zero-order valence-electron chi connectivity index (χ0n) is 13.3. The van der Waals surface area contributed by atoms with E-state index in [1.54, 1.807) is 31.2 Å². The van der Waals surface area contributed by atoms with Crippen molar-refractivity contribution in [3.63, 3.8) is 0 Å². The van der Waals surface area contributed by atoms with Gasteiger partial charge in [-0.05, 0) is 38.0 Å². The number of nitrogens with one attached hydrogen (secondary N) is 1. The highest BCUT2D eigenvalue weighted by molar-refractivity contribution is 6.09. The summed E-state index contributed by atoms with van der Waals surface area (Å²) in [5.41, 5.74) is -0.634. The number of ether oxygens (including phenoxy) is 1. The molecule has 0 unspecified atom stereocenters. The summed E-state index contributed by atoms with van der Waals surface area (Å²) in [5.74, 6) is -1.12. The molecule has 1 aliphatic heterocycles. The maximum Gasteiger partial charge on any atom is 0.325 e. The lowest BCUT2D eigenvalue weighted by Gasteiger charge is -2.26. The molecule has 1 atom stereocenters. The van der Waals surface area contributed by atoms with Gasteiger partial charge in [-0.1, -0.05) is 19.1 Å². The zero-order valence-corrected chi connectivity index (χ0v) is 13.3. The van der Waals surface area contributed by atoms with Crippen LogP contribution in [0.15, 0.2) is 24.3 Å². The number of benzene rings is 1. The van der Waals surface area contributed by atoms with E-state index < -0.39 is 30.0 Å². The van der Waals surface area contributed by atoms with E-state index in [1.807, 2.05) is 13.8 Å². The first-order valence-corrected chi connectivity index (χ1v) is 7.43. The van der Waals surface area contributed by atoms with Crippen LogP contribution in [-0.2, 0) is 15.1 Å². The minimum Gasteiger partial charge on any atom is -0.491 e. The molecule has 3 amide bonds. The first-order chi connectivity index (χ1) is 10.8. The highest BCUT2D eigenvalue weighted by Crippen LogP contribution is 2.33. The first kappa shape index (κ1) is 16.8. The third-order valence-electron chi connectivity index (χ3n) is 3.72. The molecule has 0 saturated carbocycles. The van der Waals surface area contributed by atoms with E-state index in [9.17, 15) is 14.4 Å². The number of imide groups is 1. The van der Waals surface area contributed by atoms with E-state index >= 15 is 0 Å². The van der Waals surface area contributed by atoms with Crippen LogP contribution in [0, 0.1) is 0 Å². The minimum atomic E-state index is -1.24. The van der Waals surface area contributed by atoms with Gasteiger partial charge in [0.2, 0.25) is 0 Å². The minimum absolute atomic E-state index is 0.0276. The molecule has 1 aliphatic rings. The Labute approximate surface area is 134 Å². The number of urea groups is 1. The van der Waals surface area contributed by atoms with Gasteiger partial charge >= 0.3 is 12.0 Å². The van der Waals surface area contributed by atoms with Gasteiger partial charge in [-0.15, -0.1) is 0 Å². The number of carbonyl (C=O) groups excluding carboxylic acids is 2. The Bertz CT molecular complexity index is 626. The third-order valence-corrected chi connectivity index (χ3v) is 3.72. The number of amides is 3. The van der Waals surface area contributed by atoms with Crippen LogP contribution >= 0.6 is 0 Å². The number of carboxylic acid groups (broad SMARTS) is 1. The molecule has 0 aromatic heterocycles. The fourth-order valence-corrected chi connectivity index (χ4v) is 2.63. The number of carbonyl (C=O) groups is 3. The van der Waals surface area contributed by atoms with E-state index in [2.05, 4.69) is 5.32 Å². The van der Waals surface area contributed by atoms with Gasteiger partial charge in [-0.2, -0.15) is 0 Å². The molecular weight excluding hydrogens is 300 g/mol. The fourth-order valence-electron chi connectivity index (χ4n) is 2.63. The zero-order chi connectivity index (χ0) is 17.2.